The molecule has 1 heterocycles. The molecule has 2 aromatic carbocycles. The van der Waals surface area contributed by atoms with Crippen LogP contribution in [0.2, 0.25) is 0 Å². The van der Waals surface area contributed by atoms with Gasteiger partial charge >= 0.3 is 0 Å². The first kappa shape index (κ1) is 18.1. The summed E-state index contributed by atoms with van der Waals surface area (Å²) in [4.78, 5) is 4.57. The molecule has 5 heteroatoms. The van der Waals surface area contributed by atoms with Crippen molar-refractivity contribution in [1.82, 2.24) is 10.2 Å². The maximum Gasteiger partial charge on any atom is 0.0670 e. The zero-order valence-corrected chi connectivity index (χ0v) is 16.0. The maximum absolute atomic E-state index is 4.62. The van der Waals surface area contributed by atoms with E-state index in [-0.39, 0.29) is 0 Å². The van der Waals surface area contributed by atoms with Gasteiger partial charge in [-0.2, -0.15) is 5.10 Å². The van der Waals surface area contributed by atoms with E-state index in [4.69, 9.17) is 0 Å². The van der Waals surface area contributed by atoms with Crippen LogP contribution in [-0.4, -0.2) is 51.9 Å². The fraction of sp³-hybridized carbons (Fsp3) is 0.381. The molecule has 0 aromatic heterocycles. The lowest BCUT2D eigenvalue weighted by Crippen LogP contribution is -2.19. The minimum Gasteiger partial charge on any atom is -0.393 e. The molecule has 138 valence electrons. The van der Waals surface area contributed by atoms with Gasteiger partial charge in [0.1, 0.15) is 0 Å². The molecule has 3 rings (SSSR count). The van der Waals surface area contributed by atoms with Gasteiger partial charge in [0.05, 0.1) is 12.2 Å². The predicted octanol–water partition coefficient (Wildman–Crippen LogP) is 3.48. The Hall–Kier alpha value is -2.69. The fourth-order valence-corrected chi connectivity index (χ4v) is 3.40. The van der Waals surface area contributed by atoms with E-state index < -0.39 is 0 Å². The summed E-state index contributed by atoms with van der Waals surface area (Å²) in [6.45, 7) is 3.07. The zero-order chi connectivity index (χ0) is 18.4. The molecule has 0 amide bonds. The molecule has 0 radical (unpaired) electrons. The van der Waals surface area contributed by atoms with E-state index in [9.17, 15) is 0 Å². The van der Waals surface area contributed by atoms with Crippen LogP contribution in [-0.2, 0) is 0 Å². The van der Waals surface area contributed by atoms with Gasteiger partial charge in [-0.1, -0.05) is 24.3 Å². The van der Waals surface area contributed by atoms with Gasteiger partial charge < -0.3 is 15.1 Å². The summed E-state index contributed by atoms with van der Waals surface area (Å²) >= 11 is 0. The predicted molar refractivity (Wildman–Crippen MR) is 113 cm³/mol. The van der Waals surface area contributed by atoms with Crippen molar-refractivity contribution in [3.63, 3.8) is 0 Å². The standard InChI is InChI=1S/C21H29N5/c1-22-12-16-24(2)17-13-23-25(3)20-10-11-21(26-14-6-7-15-26)19-9-5-4-8-18(19)20/h4-5,8-13,16,22H,6-7,14-15,17H2,1-3H3/b16-12-,23-13+. The first-order valence-electron chi connectivity index (χ1n) is 9.28. The Balaban J connectivity index is 1.81. The number of hydrogen-bond donors (Lipinski definition) is 1. The molecule has 0 atom stereocenters. The highest BCUT2D eigenvalue weighted by atomic mass is 15.4. The number of nitrogens with one attached hydrogen (secondary N) is 1. The van der Waals surface area contributed by atoms with Crippen LogP contribution in [0.5, 0.6) is 0 Å². The summed E-state index contributed by atoms with van der Waals surface area (Å²) in [5.74, 6) is 0. The molecule has 0 bridgehead atoms. The Morgan fingerprint density at radius 3 is 2.54 bits per heavy atom. The van der Waals surface area contributed by atoms with Crippen molar-refractivity contribution in [2.45, 2.75) is 12.8 Å². The normalized spacial score (nSPS) is 14.7. The molecular weight excluding hydrogens is 322 g/mol. The highest BCUT2D eigenvalue weighted by Crippen LogP contribution is 2.35. The van der Waals surface area contributed by atoms with Crippen LogP contribution in [0.1, 0.15) is 12.8 Å². The van der Waals surface area contributed by atoms with Crippen molar-refractivity contribution in [3.05, 3.63) is 48.8 Å². The minimum atomic E-state index is 0.756. The lowest BCUT2D eigenvalue weighted by Gasteiger charge is -2.23. The van der Waals surface area contributed by atoms with Crippen molar-refractivity contribution in [1.29, 1.82) is 0 Å². The molecule has 1 fully saturated rings. The van der Waals surface area contributed by atoms with E-state index in [2.05, 4.69) is 56.6 Å². The average molecular weight is 351 g/mol. The summed E-state index contributed by atoms with van der Waals surface area (Å²) < 4.78 is 0. The minimum absolute atomic E-state index is 0.756. The van der Waals surface area contributed by atoms with Crippen LogP contribution in [0.4, 0.5) is 11.4 Å². The number of nitrogens with zero attached hydrogens (tertiary/aromatic N) is 4. The van der Waals surface area contributed by atoms with Crippen LogP contribution < -0.4 is 15.2 Å². The molecule has 0 aliphatic carbocycles. The molecule has 0 spiro atoms. The highest BCUT2D eigenvalue weighted by molar-refractivity contribution is 6.02. The summed E-state index contributed by atoms with van der Waals surface area (Å²) in [5.41, 5.74) is 2.48. The Bertz CT molecular complexity index is 777. The molecule has 1 saturated heterocycles. The number of benzene rings is 2. The van der Waals surface area contributed by atoms with Crippen LogP contribution in [0.25, 0.3) is 10.8 Å². The lowest BCUT2D eigenvalue weighted by atomic mass is 10.1. The molecule has 0 unspecified atom stereocenters. The molecule has 1 aliphatic heterocycles. The number of fused-ring (bicyclic) bond motifs is 1. The van der Waals surface area contributed by atoms with E-state index in [1.54, 1.807) is 0 Å². The number of hydrazone groups is 1. The second kappa shape index (κ2) is 8.61. The van der Waals surface area contributed by atoms with Crippen LogP contribution in [0, 0.1) is 0 Å². The van der Waals surface area contributed by atoms with Gasteiger partial charge in [0.15, 0.2) is 0 Å². The second-order valence-electron chi connectivity index (χ2n) is 6.71. The monoisotopic (exact) mass is 351 g/mol. The third kappa shape index (κ3) is 4.10. The molecule has 26 heavy (non-hydrogen) atoms. The number of hydrogen-bond acceptors (Lipinski definition) is 5. The molecule has 1 N–H and O–H groups in total. The molecule has 5 nitrogen and oxygen atoms in total. The van der Waals surface area contributed by atoms with Crippen molar-refractivity contribution >= 4 is 28.4 Å². The quantitative estimate of drug-likeness (QED) is 0.612. The first-order chi connectivity index (χ1) is 12.7. The molecule has 0 saturated carbocycles. The van der Waals surface area contributed by atoms with Gasteiger partial charge in [-0.3, -0.25) is 5.01 Å². The van der Waals surface area contributed by atoms with Gasteiger partial charge in [0, 0.05) is 69.3 Å². The van der Waals surface area contributed by atoms with Crippen LogP contribution >= 0.6 is 0 Å². The summed E-state index contributed by atoms with van der Waals surface area (Å²) in [5, 5.41) is 12.1. The van der Waals surface area contributed by atoms with E-state index >= 15 is 0 Å². The molecule has 1 aliphatic rings. The maximum atomic E-state index is 4.62. The zero-order valence-electron chi connectivity index (χ0n) is 16.0. The van der Waals surface area contributed by atoms with Crippen LogP contribution in [0.3, 0.4) is 0 Å². The van der Waals surface area contributed by atoms with E-state index in [0.717, 1.165) is 25.3 Å². The average Bonchev–Trinajstić information content (AvgIpc) is 3.20. The topological polar surface area (TPSA) is 34.1 Å². The van der Waals surface area contributed by atoms with Gasteiger partial charge in [-0.05, 0) is 25.0 Å². The first-order valence-corrected chi connectivity index (χ1v) is 9.28. The van der Waals surface area contributed by atoms with Gasteiger partial charge in [0.25, 0.3) is 0 Å². The van der Waals surface area contributed by atoms with Gasteiger partial charge in [0.2, 0.25) is 0 Å². The van der Waals surface area contributed by atoms with Crippen molar-refractivity contribution in [2.24, 2.45) is 5.10 Å². The van der Waals surface area contributed by atoms with Crippen molar-refractivity contribution < 1.29 is 0 Å². The molecular formula is C21H29N5. The molecule has 2 aromatic rings. The third-order valence-corrected chi connectivity index (χ3v) is 4.79. The van der Waals surface area contributed by atoms with E-state index in [1.165, 1.54) is 29.3 Å². The largest absolute Gasteiger partial charge is 0.393 e. The SMILES string of the molecule is CN/C=C\N(C)C/C=N/N(C)c1ccc(N2CCCC2)c2ccccc12. The lowest BCUT2D eigenvalue weighted by molar-refractivity contribution is 0.525. The van der Waals surface area contributed by atoms with Gasteiger partial charge in [-0.25, -0.2) is 0 Å². The van der Waals surface area contributed by atoms with Crippen LogP contribution in [0.15, 0.2) is 53.9 Å². The highest BCUT2D eigenvalue weighted by Gasteiger charge is 2.16. The number of anilines is 2. The fourth-order valence-electron chi connectivity index (χ4n) is 3.40. The van der Waals surface area contributed by atoms with E-state index in [1.807, 2.05) is 44.8 Å². The Kier molecular flexibility index (Phi) is 6.00. The summed E-state index contributed by atoms with van der Waals surface area (Å²) in [6.07, 6.45) is 8.41. The summed E-state index contributed by atoms with van der Waals surface area (Å²) in [6, 6.07) is 13.1. The third-order valence-electron chi connectivity index (χ3n) is 4.79. The smallest absolute Gasteiger partial charge is 0.0670 e. The van der Waals surface area contributed by atoms with Crippen molar-refractivity contribution in [2.75, 3.05) is 50.7 Å². The number of rotatable bonds is 7. The summed E-state index contributed by atoms with van der Waals surface area (Å²) in [7, 11) is 5.93. The van der Waals surface area contributed by atoms with Crippen molar-refractivity contribution in [3.8, 4) is 0 Å². The van der Waals surface area contributed by atoms with E-state index in [0.29, 0.717) is 0 Å². The van der Waals surface area contributed by atoms with Gasteiger partial charge in [-0.15, -0.1) is 0 Å². The second-order valence-corrected chi connectivity index (χ2v) is 6.71. The Morgan fingerprint density at radius 1 is 1.08 bits per heavy atom. The Morgan fingerprint density at radius 2 is 1.81 bits per heavy atom. The Labute approximate surface area is 156 Å².